The van der Waals surface area contributed by atoms with Crippen molar-refractivity contribution in [2.75, 3.05) is 16.8 Å². The van der Waals surface area contributed by atoms with E-state index < -0.39 is 6.10 Å². The fraction of sp³-hybridized carbons (Fsp3) is 0.385. The van der Waals surface area contributed by atoms with E-state index in [9.17, 15) is 9.90 Å². The summed E-state index contributed by atoms with van der Waals surface area (Å²) < 4.78 is 1.97. The third kappa shape index (κ3) is 4.40. The SMILES string of the molecule is O=C(Nc1cc(N2C[C@@H](O)C[C@@H]2c2cn3cc(C4CC4)cnc3n2)ncn1)[C@H]1C[C@@H]1c1cc(Cl)ccn1. The zero-order valence-electron chi connectivity index (χ0n) is 19.9. The molecule has 7 rings (SSSR count). The first-order valence-corrected chi connectivity index (χ1v) is 12.9. The molecule has 2 aliphatic carbocycles. The summed E-state index contributed by atoms with van der Waals surface area (Å²) in [5, 5.41) is 14.1. The highest BCUT2D eigenvalue weighted by Crippen LogP contribution is 2.47. The second-order valence-electron chi connectivity index (χ2n) is 10.2. The van der Waals surface area contributed by atoms with Crippen molar-refractivity contribution in [3.8, 4) is 0 Å². The van der Waals surface area contributed by atoms with Gasteiger partial charge in [0.05, 0.1) is 17.8 Å². The number of fused-ring (bicyclic) bond motifs is 1. The molecule has 2 N–H and O–H groups in total. The van der Waals surface area contributed by atoms with Crippen LogP contribution in [0.25, 0.3) is 5.78 Å². The van der Waals surface area contributed by atoms with Gasteiger partial charge in [-0.05, 0) is 42.9 Å². The lowest BCUT2D eigenvalue weighted by Gasteiger charge is -2.24. The van der Waals surface area contributed by atoms with Crippen molar-refractivity contribution in [2.45, 2.75) is 49.7 Å². The molecular weight excluding hydrogens is 492 g/mol. The van der Waals surface area contributed by atoms with Crippen LogP contribution in [0.3, 0.4) is 0 Å². The lowest BCUT2D eigenvalue weighted by atomic mass is 10.1. The summed E-state index contributed by atoms with van der Waals surface area (Å²) in [6.07, 6.45) is 12.3. The van der Waals surface area contributed by atoms with Crippen molar-refractivity contribution in [2.24, 2.45) is 5.92 Å². The molecule has 5 heterocycles. The predicted molar refractivity (Wildman–Crippen MR) is 136 cm³/mol. The maximum Gasteiger partial charge on any atom is 0.234 e. The van der Waals surface area contributed by atoms with Gasteiger partial charge in [-0.1, -0.05) is 11.6 Å². The number of hydrogen-bond acceptors (Lipinski definition) is 8. The fourth-order valence-corrected chi connectivity index (χ4v) is 5.45. The van der Waals surface area contributed by atoms with Crippen molar-refractivity contribution in [1.82, 2.24) is 29.3 Å². The van der Waals surface area contributed by atoms with E-state index in [4.69, 9.17) is 16.6 Å². The number of anilines is 2. The van der Waals surface area contributed by atoms with Crippen LogP contribution in [0.1, 0.15) is 60.5 Å². The quantitative estimate of drug-likeness (QED) is 0.399. The number of β-amino-alcohol motifs (C(OH)–C–C–N with tert-alkyl or cyclic N) is 1. The average molecular weight is 517 g/mol. The molecular formula is C26H25ClN8O2. The molecule has 4 aromatic heterocycles. The minimum Gasteiger partial charge on any atom is -0.391 e. The zero-order valence-corrected chi connectivity index (χ0v) is 20.7. The van der Waals surface area contributed by atoms with Gasteiger partial charge in [-0.3, -0.25) is 14.2 Å². The van der Waals surface area contributed by atoms with Gasteiger partial charge in [0, 0.05) is 66.4 Å². The van der Waals surface area contributed by atoms with E-state index in [1.165, 1.54) is 24.7 Å². The highest BCUT2D eigenvalue weighted by Gasteiger charge is 2.45. The topological polar surface area (TPSA) is 121 Å². The molecule has 1 aliphatic heterocycles. The molecule has 0 bridgehead atoms. The second kappa shape index (κ2) is 8.74. The average Bonchev–Trinajstić information content (AvgIpc) is 3.81. The number of carbonyl (C=O) groups is 1. The first-order valence-electron chi connectivity index (χ1n) is 12.6. The van der Waals surface area contributed by atoms with Gasteiger partial charge >= 0.3 is 0 Å². The van der Waals surface area contributed by atoms with Crippen LogP contribution >= 0.6 is 11.6 Å². The zero-order chi connectivity index (χ0) is 25.1. The van der Waals surface area contributed by atoms with E-state index in [0.29, 0.717) is 41.3 Å². The van der Waals surface area contributed by atoms with Gasteiger partial charge in [0.2, 0.25) is 11.7 Å². The van der Waals surface area contributed by atoms with Crippen molar-refractivity contribution in [3.63, 3.8) is 0 Å². The van der Waals surface area contributed by atoms with Crippen LogP contribution in [-0.4, -0.2) is 53.0 Å². The molecule has 10 nitrogen and oxygen atoms in total. The Morgan fingerprint density at radius 1 is 1.08 bits per heavy atom. The lowest BCUT2D eigenvalue weighted by molar-refractivity contribution is -0.117. The Hall–Kier alpha value is -3.63. The lowest BCUT2D eigenvalue weighted by Crippen LogP contribution is -2.26. The van der Waals surface area contributed by atoms with Crippen LogP contribution in [0.15, 0.2) is 49.3 Å². The van der Waals surface area contributed by atoms with Crippen LogP contribution in [0.4, 0.5) is 11.6 Å². The summed E-state index contributed by atoms with van der Waals surface area (Å²) in [4.78, 5) is 37.2. The number of nitrogens with one attached hydrogen (secondary N) is 1. The molecule has 11 heteroatoms. The molecule has 1 saturated heterocycles. The predicted octanol–water partition coefficient (Wildman–Crippen LogP) is 3.50. The third-order valence-electron chi connectivity index (χ3n) is 7.47. The maximum atomic E-state index is 12.9. The van der Waals surface area contributed by atoms with Crippen molar-refractivity contribution in [1.29, 1.82) is 0 Å². The number of aliphatic hydroxyl groups is 1. The van der Waals surface area contributed by atoms with Crippen LogP contribution in [-0.2, 0) is 4.79 Å². The number of halogens is 1. The van der Waals surface area contributed by atoms with Gasteiger partial charge < -0.3 is 15.3 Å². The molecule has 188 valence electrons. The van der Waals surface area contributed by atoms with E-state index in [1.54, 1.807) is 18.3 Å². The number of aliphatic hydroxyl groups excluding tert-OH is 1. The Balaban J connectivity index is 1.09. The molecule has 2 saturated carbocycles. The minimum absolute atomic E-state index is 0.0576. The Kier molecular flexibility index (Phi) is 5.33. The highest BCUT2D eigenvalue weighted by molar-refractivity contribution is 6.30. The molecule has 4 aromatic rings. The number of rotatable bonds is 6. The van der Waals surface area contributed by atoms with Crippen LogP contribution in [0.5, 0.6) is 0 Å². The van der Waals surface area contributed by atoms with E-state index in [2.05, 4.69) is 31.4 Å². The molecule has 1 amide bonds. The first-order chi connectivity index (χ1) is 18.0. The van der Waals surface area contributed by atoms with E-state index in [-0.39, 0.29) is 23.8 Å². The number of hydrogen-bond donors (Lipinski definition) is 2. The molecule has 3 fully saturated rings. The van der Waals surface area contributed by atoms with Gasteiger partial charge in [0.25, 0.3) is 0 Å². The van der Waals surface area contributed by atoms with Crippen LogP contribution in [0.2, 0.25) is 5.02 Å². The van der Waals surface area contributed by atoms with Gasteiger partial charge in [0.1, 0.15) is 18.0 Å². The monoisotopic (exact) mass is 516 g/mol. The molecule has 0 spiro atoms. The third-order valence-corrected chi connectivity index (χ3v) is 7.70. The molecule has 0 radical (unpaired) electrons. The number of nitrogens with zero attached hydrogens (tertiary/aromatic N) is 7. The number of aromatic nitrogens is 6. The number of amides is 1. The van der Waals surface area contributed by atoms with Gasteiger partial charge in [0.15, 0.2) is 0 Å². The van der Waals surface area contributed by atoms with E-state index in [0.717, 1.165) is 17.8 Å². The number of imidazole rings is 1. The second-order valence-corrected chi connectivity index (χ2v) is 10.6. The molecule has 0 unspecified atom stereocenters. The van der Waals surface area contributed by atoms with E-state index in [1.807, 2.05) is 27.8 Å². The molecule has 0 aromatic carbocycles. The van der Waals surface area contributed by atoms with Gasteiger partial charge in [-0.15, -0.1) is 0 Å². The van der Waals surface area contributed by atoms with Crippen LogP contribution < -0.4 is 10.2 Å². The van der Waals surface area contributed by atoms with Gasteiger partial charge in [-0.2, -0.15) is 0 Å². The summed E-state index contributed by atoms with van der Waals surface area (Å²) in [6, 6.07) is 5.11. The maximum absolute atomic E-state index is 12.9. The summed E-state index contributed by atoms with van der Waals surface area (Å²) >= 11 is 6.08. The Morgan fingerprint density at radius 2 is 1.97 bits per heavy atom. The molecule has 3 aliphatic rings. The summed E-state index contributed by atoms with van der Waals surface area (Å²) in [5.74, 6) is 2.08. The highest BCUT2D eigenvalue weighted by atomic mass is 35.5. The number of carbonyl (C=O) groups excluding carboxylic acids is 1. The van der Waals surface area contributed by atoms with Crippen LogP contribution in [0, 0.1) is 5.92 Å². The molecule has 4 atom stereocenters. The van der Waals surface area contributed by atoms with Crippen molar-refractivity contribution < 1.29 is 9.90 Å². The van der Waals surface area contributed by atoms with E-state index >= 15 is 0 Å². The van der Waals surface area contributed by atoms with Gasteiger partial charge in [-0.25, -0.2) is 19.9 Å². The molecule has 37 heavy (non-hydrogen) atoms. The van der Waals surface area contributed by atoms with Crippen molar-refractivity contribution >= 4 is 34.9 Å². The smallest absolute Gasteiger partial charge is 0.234 e. The largest absolute Gasteiger partial charge is 0.391 e. The normalized spacial score (nSPS) is 25.0. The fourth-order valence-electron chi connectivity index (χ4n) is 5.28. The number of pyridine rings is 1. The Bertz CT molecular complexity index is 1500. The van der Waals surface area contributed by atoms with Crippen molar-refractivity contribution in [3.05, 3.63) is 71.3 Å². The summed E-state index contributed by atoms with van der Waals surface area (Å²) in [5.41, 5.74) is 2.90. The summed E-state index contributed by atoms with van der Waals surface area (Å²) in [6.45, 7) is 0.412. The minimum atomic E-state index is -0.518. The Labute approximate surface area is 217 Å². The first kappa shape index (κ1) is 22.6. The summed E-state index contributed by atoms with van der Waals surface area (Å²) in [7, 11) is 0. The Morgan fingerprint density at radius 3 is 2.81 bits per heavy atom. The standard InChI is InChI=1S/C26H25ClN8O2/c27-16-3-4-28-20(5-16)18-7-19(18)25(37)33-23-8-24(31-13-30-23)35-11-17(36)6-22(35)21-12-34-10-15(14-1-2-14)9-29-26(34)32-21/h3-5,8-10,12-14,17-19,22,36H,1-2,6-7,11H2,(H,30,31,33,37)/t17-,18-,19-,22+/m0/s1.